The Balaban J connectivity index is 2.14. The second kappa shape index (κ2) is 4.35. The molecule has 1 fully saturated rings. The van der Waals surface area contributed by atoms with Gasteiger partial charge in [0.2, 0.25) is 0 Å². The summed E-state index contributed by atoms with van der Waals surface area (Å²) in [5, 5.41) is 10.4. The van der Waals surface area contributed by atoms with Gasteiger partial charge in [-0.05, 0) is 45.2 Å². The van der Waals surface area contributed by atoms with Gasteiger partial charge in [-0.2, -0.15) is 0 Å². The maximum Gasteiger partial charge on any atom is 0.513 e. The van der Waals surface area contributed by atoms with Gasteiger partial charge in [0.1, 0.15) is 0 Å². The molecule has 21 heavy (non-hydrogen) atoms. The molecule has 1 aliphatic heterocycles. The normalized spacial score (nSPS) is 20.1. The molecule has 2 aromatic rings. The SMILES string of the molecule is CC1(C)OB(c2cc3ccccc3n2C(=O)O)OC1(C)C. The van der Waals surface area contributed by atoms with E-state index in [0.29, 0.717) is 11.1 Å². The Labute approximate surface area is 123 Å². The second-order valence-electron chi connectivity index (χ2n) is 6.33. The van der Waals surface area contributed by atoms with Crippen LogP contribution in [0, 0.1) is 0 Å². The van der Waals surface area contributed by atoms with Gasteiger partial charge in [-0.3, -0.25) is 4.57 Å². The second-order valence-corrected chi connectivity index (χ2v) is 6.33. The molecule has 3 rings (SSSR count). The first kappa shape index (κ1) is 14.2. The molecule has 1 aromatic heterocycles. The minimum absolute atomic E-state index is 0.502. The van der Waals surface area contributed by atoms with Crippen LogP contribution in [0.15, 0.2) is 30.3 Å². The molecule has 0 amide bonds. The molecule has 2 heterocycles. The number of carbonyl (C=O) groups is 1. The van der Waals surface area contributed by atoms with E-state index in [-0.39, 0.29) is 0 Å². The van der Waals surface area contributed by atoms with E-state index in [9.17, 15) is 9.90 Å². The fourth-order valence-electron chi connectivity index (χ4n) is 2.53. The van der Waals surface area contributed by atoms with E-state index in [2.05, 4.69) is 0 Å². The molecular weight excluding hydrogens is 269 g/mol. The smallest absolute Gasteiger partial charge is 0.464 e. The first-order valence-electron chi connectivity index (χ1n) is 6.92. The minimum Gasteiger partial charge on any atom is -0.464 e. The number of fused-ring (bicyclic) bond motifs is 1. The molecule has 6 heteroatoms. The molecule has 0 atom stereocenters. The number of rotatable bonds is 1. The highest BCUT2D eigenvalue weighted by molar-refractivity contribution is 6.62. The Hall–Kier alpha value is -1.79. The zero-order valence-electron chi connectivity index (χ0n) is 12.6. The number of hydrogen-bond donors (Lipinski definition) is 1. The fourth-order valence-corrected chi connectivity index (χ4v) is 2.53. The Morgan fingerprint density at radius 3 is 2.29 bits per heavy atom. The highest BCUT2D eigenvalue weighted by Crippen LogP contribution is 2.36. The molecule has 0 spiro atoms. The van der Waals surface area contributed by atoms with Crippen molar-refractivity contribution in [2.24, 2.45) is 0 Å². The Bertz CT molecular complexity index is 704. The topological polar surface area (TPSA) is 60.7 Å². The molecule has 110 valence electrons. The quantitative estimate of drug-likeness (QED) is 0.818. The fraction of sp³-hybridized carbons (Fsp3) is 0.400. The number of benzene rings is 1. The van der Waals surface area contributed by atoms with E-state index in [1.54, 1.807) is 6.07 Å². The molecule has 0 saturated carbocycles. The summed E-state index contributed by atoms with van der Waals surface area (Å²) in [6.45, 7) is 7.78. The van der Waals surface area contributed by atoms with Crippen LogP contribution >= 0.6 is 0 Å². The van der Waals surface area contributed by atoms with Crippen LogP contribution in [0.1, 0.15) is 27.7 Å². The molecular formula is C15H18BNO4. The maximum absolute atomic E-state index is 11.6. The zero-order valence-corrected chi connectivity index (χ0v) is 12.6. The first-order chi connectivity index (χ1) is 9.73. The van der Waals surface area contributed by atoms with Gasteiger partial charge in [-0.15, -0.1) is 0 Å². The number of para-hydroxylation sites is 1. The third-order valence-corrected chi connectivity index (χ3v) is 4.43. The van der Waals surface area contributed by atoms with E-state index in [1.807, 2.05) is 52.0 Å². The molecule has 1 aliphatic rings. The molecule has 1 saturated heterocycles. The number of carboxylic acid groups (broad SMARTS) is 1. The summed E-state index contributed by atoms with van der Waals surface area (Å²) in [5.74, 6) is 0. The molecule has 5 nitrogen and oxygen atoms in total. The van der Waals surface area contributed by atoms with Gasteiger partial charge >= 0.3 is 13.2 Å². The van der Waals surface area contributed by atoms with Crippen molar-refractivity contribution in [3.63, 3.8) is 0 Å². The van der Waals surface area contributed by atoms with E-state index in [1.165, 1.54) is 4.57 Å². The van der Waals surface area contributed by atoms with Gasteiger partial charge in [0, 0.05) is 0 Å². The van der Waals surface area contributed by atoms with Crippen LogP contribution in [0.25, 0.3) is 10.9 Å². The van der Waals surface area contributed by atoms with Crippen LogP contribution in [0.4, 0.5) is 4.79 Å². The molecule has 0 radical (unpaired) electrons. The summed E-state index contributed by atoms with van der Waals surface area (Å²) in [6, 6.07) is 9.16. The van der Waals surface area contributed by atoms with Crippen molar-refractivity contribution in [2.75, 3.05) is 0 Å². The highest BCUT2D eigenvalue weighted by Gasteiger charge is 2.53. The molecule has 1 N–H and O–H groups in total. The van der Waals surface area contributed by atoms with Crippen LogP contribution in [0.2, 0.25) is 0 Å². The lowest BCUT2D eigenvalue weighted by Gasteiger charge is -2.32. The number of nitrogens with zero attached hydrogens (tertiary/aromatic N) is 1. The minimum atomic E-state index is -1.04. The van der Waals surface area contributed by atoms with Crippen molar-refractivity contribution in [3.05, 3.63) is 30.3 Å². The number of aromatic nitrogens is 1. The van der Waals surface area contributed by atoms with Crippen LogP contribution in [-0.4, -0.2) is 34.1 Å². The summed E-state index contributed by atoms with van der Waals surface area (Å²) < 4.78 is 13.2. The first-order valence-corrected chi connectivity index (χ1v) is 6.92. The summed E-state index contributed by atoms with van der Waals surface area (Å²) >= 11 is 0. The van der Waals surface area contributed by atoms with Crippen LogP contribution in [0.5, 0.6) is 0 Å². The lowest BCUT2D eigenvalue weighted by atomic mass is 9.84. The Morgan fingerprint density at radius 2 is 1.71 bits per heavy atom. The monoisotopic (exact) mass is 287 g/mol. The lowest BCUT2D eigenvalue weighted by molar-refractivity contribution is 0.00578. The van der Waals surface area contributed by atoms with E-state index in [0.717, 1.165) is 5.39 Å². The summed E-state index contributed by atoms with van der Waals surface area (Å²) in [5.41, 5.74) is 0.131. The van der Waals surface area contributed by atoms with Gasteiger partial charge in [0.15, 0.2) is 0 Å². The Morgan fingerprint density at radius 1 is 1.14 bits per heavy atom. The highest BCUT2D eigenvalue weighted by atomic mass is 16.7. The third kappa shape index (κ3) is 2.06. The maximum atomic E-state index is 11.6. The average Bonchev–Trinajstić information content (AvgIpc) is 2.85. The van der Waals surface area contributed by atoms with Gasteiger partial charge in [0.05, 0.1) is 22.3 Å². The molecule has 0 aliphatic carbocycles. The lowest BCUT2D eigenvalue weighted by Crippen LogP contribution is -2.41. The van der Waals surface area contributed by atoms with Crippen LogP contribution < -0.4 is 5.59 Å². The predicted octanol–water partition coefficient (Wildman–Crippen LogP) is 2.47. The zero-order chi connectivity index (χ0) is 15.4. The van der Waals surface area contributed by atoms with E-state index < -0.39 is 24.4 Å². The standard InChI is InChI=1S/C15H18BNO4/c1-14(2)15(3,4)21-16(20-14)12-9-10-7-5-6-8-11(10)17(12)13(18)19/h5-9H,1-4H3,(H,18,19). The van der Waals surface area contributed by atoms with Gasteiger partial charge in [-0.1, -0.05) is 18.2 Å². The summed E-state index contributed by atoms with van der Waals surface area (Å²) in [7, 11) is -0.696. The number of hydrogen-bond acceptors (Lipinski definition) is 3. The Kier molecular flexibility index (Phi) is 2.94. The predicted molar refractivity (Wildman–Crippen MR) is 81.1 cm³/mol. The van der Waals surface area contributed by atoms with Crippen LogP contribution in [-0.2, 0) is 9.31 Å². The van der Waals surface area contributed by atoms with Crippen molar-refractivity contribution in [1.29, 1.82) is 0 Å². The summed E-state index contributed by atoms with van der Waals surface area (Å²) in [6.07, 6.45) is -1.04. The van der Waals surface area contributed by atoms with Crippen molar-refractivity contribution >= 4 is 29.7 Å². The summed E-state index contributed by atoms with van der Waals surface area (Å²) in [4.78, 5) is 11.6. The molecule has 1 aromatic carbocycles. The van der Waals surface area contributed by atoms with Crippen molar-refractivity contribution < 1.29 is 19.2 Å². The third-order valence-electron chi connectivity index (χ3n) is 4.43. The average molecular weight is 287 g/mol. The van der Waals surface area contributed by atoms with E-state index in [4.69, 9.17) is 9.31 Å². The van der Waals surface area contributed by atoms with Gasteiger partial charge < -0.3 is 14.4 Å². The largest absolute Gasteiger partial charge is 0.513 e. The van der Waals surface area contributed by atoms with Crippen molar-refractivity contribution in [2.45, 2.75) is 38.9 Å². The van der Waals surface area contributed by atoms with Crippen molar-refractivity contribution in [1.82, 2.24) is 4.57 Å². The van der Waals surface area contributed by atoms with Crippen molar-refractivity contribution in [3.8, 4) is 0 Å². The van der Waals surface area contributed by atoms with Gasteiger partial charge in [-0.25, -0.2) is 4.79 Å². The molecule has 0 unspecified atom stereocenters. The molecule has 0 bridgehead atoms. The van der Waals surface area contributed by atoms with Crippen LogP contribution in [0.3, 0.4) is 0 Å². The van der Waals surface area contributed by atoms with E-state index >= 15 is 0 Å². The van der Waals surface area contributed by atoms with Gasteiger partial charge in [0.25, 0.3) is 0 Å².